The zero-order valence-electron chi connectivity index (χ0n) is 19.5. The molecule has 0 radical (unpaired) electrons. The van der Waals surface area contributed by atoms with Crippen molar-refractivity contribution >= 4 is 23.2 Å². The molecule has 1 aliphatic carbocycles. The van der Waals surface area contributed by atoms with Gasteiger partial charge in [0.2, 0.25) is 5.91 Å². The summed E-state index contributed by atoms with van der Waals surface area (Å²) in [6.07, 6.45) is 5.15. The highest BCUT2D eigenvalue weighted by atomic mass is 16.5. The molecule has 0 spiro atoms. The molecular formula is C27H35N3O3. The lowest BCUT2D eigenvalue weighted by Crippen LogP contribution is -2.33. The number of nitrogens with zero attached hydrogens (tertiary/aromatic N) is 1. The van der Waals surface area contributed by atoms with Gasteiger partial charge in [0.05, 0.1) is 5.56 Å². The third-order valence-corrected chi connectivity index (χ3v) is 6.52. The lowest BCUT2D eigenvalue weighted by Gasteiger charge is -2.30. The number of ether oxygens (including phenoxy) is 1. The van der Waals surface area contributed by atoms with E-state index in [2.05, 4.69) is 27.7 Å². The molecule has 2 atom stereocenters. The molecule has 33 heavy (non-hydrogen) atoms. The predicted molar refractivity (Wildman–Crippen MR) is 132 cm³/mol. The Kier molecular flexibility index (Phi) is 8.00. The Labute approximate surface area is 196 Å². The number of benzene rings is 2. The van der Waals surface area contributed by atoms with Crippen molar-refractivity contribution in [3.05, 3.63) is 59.7 Å². The maximum absolute atomic E-state index is 13.1. The van der Waals surface area contributed by atoms with Crippen LogP contribution in [0, 0.1) is 5.92 Å². The fourth-order valence-corrected chi connectivity index (χ4v) is 4.61. The quantitative estimate of drug-likeness (QED) is 0.521. The van der Waals surface area contributed by atoms with E-state index in [0.717, 1.165) is 44.5 Å². The van der Waals surface area contributed by atoms with Gasteiger partial charge in [-0.15, -0.1) is 0 Å². The molecule has 176 valence electrons. The summed E-state index contributed by atoms with van der Waals surface area (Å²) in [6.45, 7) is 5.76. The molecule has 2 aromatic carbocycles. The van der Waals surface area contributed by atoms with E-state index in [1.807, 2.05) is 43.3 Å². The molecule has 6 nitrogen and oxygen atoms in total. The van der Waals surface area contributed by atoms with Gasteiger partial charge < -0.3 is 20.3 Å². The summed E-state index contributed by atoms with van der Waals surface area (Å²) in [5, 5.41) is 6.08. The normalized spacial score (nSPS) is 19.7. The highest BCUT2D eigenvalue weighted by Crippen LogP contribution is 2.48. The molecule has 2 amide bonds. The fraction of sp³-hybridized carbons (Fsp3) is 0.481. The van der Waals surface area contributed by atoms with Crippen LogP contribution in [0.15, 0.2) is 48.5 Å². The number of anilines is 2. The Bertz CT molecular complexity index is 941. The van der Waals surface area contributed by atoms with Crippen molar-refractivity contribution < 1.29 is 14.3 Å². The minimum atomic E-state index is -0.100. The molecule has 1 saturated carbocycles. The Hall–Kier alpha value is -2.86. The molecule has 4 rings (SSSR count). The highest BCUT2D eigenvalue weighted by Gasteiger charge is 2.43. The molecule has 2 aliphatic rings. The summed E-state index contributed by atoms with van der Waals surface area (Å²) in [7, 11) is 0. The summed E-state index contributed by atoms with van der Waals surface area (Å²) in [5.74, 6) is 0.200. The Morgan fingerprint density at radius 3 is 2.61 bits per heavy atom. The molecule has 1 heterocycles. The molecule has 2 unspecified atom stereocenters. The molecule has 2 N–H and O–H groups in total. The summed E-state index contributed by atoms with van der Waals surface area (Å²) < 4.78 is 5.36. The van der Waals surface area contributed by atoms with Gasteiger partial charge in [0.15, 0.2) is 0 Å². The molecule has 6 heteroatoms. The summed E-state index contributed by atoms with van der Waals surface area (Å²) >= 11 is 0. The Balaban J connectivity index is 1.44. The zero-order valence-corrected chi connectivity index (χ0v) is 19.5. The number of rotatable bonds is 10. The van der Waals surface area contributed by atoms with E-state index >= 15 is 0 Å². The smallest absolute Gasteiger partial charge is 0.253 e. The van der Waals surface area contributed by atoms with E-state index in [9.17, 15) is 9.59 Å². The van der Waals surface area contributed by atoms with Crippen LogP contribution in [0.4, 0.5) is 11.4 Å². The van der Waals surface area contributed by atoms with E-state index in [0.29, 0.717) is 31.0 Å². The van der Waals surface area contributed by atoms with Gasteiger partial charge in [-0.1, -0.05) is 30.3 Å². The average molecular weight is 450 g/mol. The van der Waals surface area contributed by atoms with Crippen LogP contribution < -0.4 is 15.5 Å². The van der Waals surface area contributed by atoms with Crippen molar-refractivity contribution in [1.82, 2.24) is 5.32 Å². The first kappa shape index (κ1) is 23.3. The average Bonchev–Trinajstić information content (AvgIpc) is 3.66. The van der Waals surface area contributed by atoms with Crippen LogP contribution in [-0.4, -0.2) is 44.7 Å². The first-order valence-corrected chi connectivity index (χ1v) is 12.3. The van der Waals surface area contributed by atoms with Crippen LogP contribution in [0.2, 0.25) is 0 Å². The maximum atomic E-state index is 13.1. The van der Waals surface area contributed by atoms with Crippen molar-refractivity contribution in [2.75, 3.05) is 43.1 Å². The van der Waals surface area contributed by atoms with E-state index in [4.69, 9.17) is 4.74 Å². The van der Waals surface area contributed by atoms with Crippen LogP contribution in [0.5, 0.6) is 0 Å². The van der Waals surface area contributed by atoms with Gasteiger partial charge >= 0.3 is 0 Å². The van der Waals surface area contributed by atoms with Gasteiger partial charge in [0.1, 0.15) is 0 Å². The predicted octanol–water partition coefficient (Wildman–Crippen LogP) is 4.58. The van der Waals surface area contributed by atoms with E-state index < -0.39 is 0 Å². The topological polar surface area (TPSA) is 70.7 Å². The maximum Gasteiger partial charge on any atom is 0.253 e. The largest absolute Gasteiger partial charge is 0.382 e. The second-order valence-electron chi connectivity index (χ2n) is 8.93. The van der Waals surface area contributed by atoms with Crippen molar-refractivity contribution in [2.24, 2.45) is 5.92 Å². The number of carbonyl (C=O) groups excluding carboxylic acids is 2. The number of amides is 2. The number of piperidine rings is 1. The van der Waals surface area contributed by atoms with Gasteiger partial charge in [-0.05, 0) is 68.7 Å². The Morgan fingerprint density at radius 2 is 1.85 bits per heavy atom. The minimum absolute atomic E-state index is 0.00925. The fourth-order valence-electron chi connectivity index (χ4n) is 4.61. The van der Waals surface area contributed by atoms with Crippen LogP contribution in [0.25, 0.3) is 0 Å². The first-order valence-electron chi connectivity index (χ1n) is 12.3. The van der Waals surface area contributed by atoms with Gasteiger partial charge in [-0.25, -0.2) is 0 Å². The minimum Gasteiger partial charge on any atom is -0.382 e. The number of hydrogen-bond acceptors (Lipinski definition) is 4. The van der Waals surface area contributed by atoms with Crippen LogP contribution in [0.3, 0.4) is 0 Å². The second kappa shape index (κ2) is 11.3. The van der Waals surface area contributed by atoms with E-state index in [1.54, 1.807) is 0 Å². The van der Waals surface area contributed by atoms with Gasteiger partial charge in [0, 0.05) is 50.1 Å². The summed E-state index contributed by atoms with van der Waals surface area (Å²) in [5.41, 5.74) is 3.47. The van der Waals surface area contributed by atoms with Crippen molar-refractivity contribution in [2.45, 2.75) is 44.9 Å². The summed E-state index contributed by atoms with van der Waals surface area (Å²) in [6, 6.07) is 15.9. The van der Waals surface area contributed by atoms with Crippen molar-refractivity contribution in [3.8, 4) is 0 Å². The van der Waals surface area contributed by atoms with Gasteiger partial charge in [-0.2, -0.15) is 0 Å². The van der Waals surface area contributed by atoms with E-state index in [-0.39, 0.29) is 23.7 Å². The molecular weight excluding hydrogens is 414 g/mol. The number of hydrogen-bond donors (Lipinski definition) is 2. The van der Waals surface area contributed by atoms with Crippen LogP contribution in [0.1, 0.15) is 60.9 Å². The van der Waals surface area contributed by atoms with Crippen LogP contribution >= 0.6 is 0 Å². The molecule has 1 saturated heterocycles. The van der Waals surface area contributed by atoms with E-state index in [1.165, 1.54) is 12.0 Å². The molecule has 0 bridgehead atoms. The monoisotopic (exact) mass is 449 g/mol. The molecule has 2 aromatic rings. The second-order valence-corrected chi connectivity index (χ2v) is 8.93. The lowest BCUT2D eigenvalue weighted by molar-refractivity contribution is -0.117. The van der Waals surface area contributed by atoms with Crippen molar-refractivity contribution in [3.63, 3.8) is 0 Å². The van der Waals surface area contributed by atoms with Gasteiger partial charge in [0.25, 0.3) is 5.91 Å². The first-order chi connectivity index (χ1) is 16.2. The zero-order chi connectivity index (χ0) is 23.0. The lowest BCUT2D eigenvalue weighted by atomic mass is 10.1. The standard InChI is InChI=1S/C27H35N3O3/c1-2-33-17-9-14-28-26(31)24-18-21(12-13-25(24)30-15-7-4-8-16-30)29-27(32)23-19-22(23)20-10-5-3-6-11-20/h3,5-6,10-13,18,22-23H,2,4,7-9,14-17,19H2,1H3,(H,28,31)(H,29,32). The number of nitrogens with one attached hydrogen (secondary N) is 2. The third-order valence-electron chi connectivity index (χ3n) is 6.52. The van der Waals surface area contributed by atoms with Gasteiger partial charge in [-0.3, -0.25) is 9.59 Å². The molecule has 2 fully saturated rings. The number of carbonyl (C=O) groups is 2. The van der Waals surface area contributed by atoms with Crippen LogP contribution in [-0.2, 0) is 9.53 Å². The molecule has 0 aromatic heterocycles. The van der Waals surface area contributed by atoms with Crippen molar-refractivity contribution in [1.29, 1.82) is 0 Å². The highest BCUT2D eigenvalue weighted by molar-refractivity contribution is 6.02. The molecule has 1 aliphatic heterocycles. The Morgan fingerprint density at radius 1 is 1.06 bits per heavy atom. The SMILES string of the molecule is CCOCCCNC(=O)c1cc(NC(=O)C2CC2c2ccccc2)ccc1N1CCCCC1. The summed E-state index contributed by atoms with van der Waals surface area (Å²) in [4.78, 5) is 28.2. The third kappa shape index (κ3) is 6.14.